The highest BCUT2D eigenvalue weighted by molar-refractivity contribution is 5.82. The summed E-state index contributed by atoms with van der Waals surface area (Å²) >= 11 is 0. The fourth-order valence-corrected chi connectivity index (χ4v) is 1.16. The molecule has 1 saturated heterocycles. The smallest absolute Gasteiger partial charge is 0.333 e. The fraction of sp³-hybridized carbons (Fsp3) is 0.667. The van der Waals surface area contributed by atoms with E-state index in [4.69, 9.17) is 4.74 Å². The minimum absolute atomic E-state index is 0.363. The van der Waals surface area contributed by atoms with Gasteiger partial charge in [0.2, 0.25) is 0 Å². The van der Waals surface area contributed by atoms with Crippen molar-refractivity contribution in [2.45, 2.75) is 32.0 Å². The second-order valence-corrected chi connectivity index (χ2v) is 3.56. The summed E-state index contributed by atoms with van der Waals surface area (Å²) in [5, 5.41) is 9.50. The first kappa shape index (κ1) is 10.1. The maximum atomic E-state index is 10.8. The number of hydrogen-bond acceptors (Lipinski definition) is 4. The second kappa shape index (κ2) is 3.38. The van der Waals surface area contributed by atoms with Crippen molar-refractivity contribution in [2.24, 2.45) is 0 Å². The Balaban J connectivity index is 2.68. The summed E-state index contributed by atoms with van der Waals surface area (Å²) in [6.07, 6.45) is 1.06. The molecule has 0 aliphatic carbocycles. The van der Waals surface area contributed by atoms with Gasteiger partial charge in [-0.15, -0.1) is 0 Å². The topological polar surface area (TPSA) is 55.8 Å². The monoisotopic (exact) mass is 186 g/mol. The Morgan fingerprint density at radius 3 is 2.77 bits per heavy atom. The molecule has 4 heteroatoms. The van der Waals surface area contributed by atoms with Gasteiger partial charge in [0.1, 0.15) is 17.5 Å². The van der Waals surface area contributed by atoms with Crippen molar-refractivity contribution in [3.63, 3.8) is 0 Å². The number of carbonyl (C=O) groups is 1. The fourth-order valence-electron chi connectivity index (χ4n) is 1.16. The zero-order valence-corrected chi connectivity index (χ0v) is 8.03. The Kier molecular flexibility index (Phi) is 2.61. The number of carbonyl (C=O) groups excluding carboxylic acids is 1. The van der Waals surface area contributed by atoms with Crippen molar-refractivity contribution in [3.8, 4) is 0 Å². The molecule has 0 amide bonds. The lowest BCUT2D eigenvalue weighted by molar-refractivity contribution is -0.135. The third-order valence-corrected chi connectivity index (χ3v) is 2.07. The lowest BCUT2D eigenvalue weighted by Crippen LogP contribution is -2.31. The molecule has 0 saturated carbocycles. The van der Waals surface area contributed by atoms with Crippen LogP contribution >= 0.6 is 0 Å². The number of methoxy groups -OCH3 is 1. The Labute approximate surface area is 77.1 Å². The number of rotatable bonds is 1. The van der Waals surface area contributed by atoms with Gasteiger partial charge in [-0.05, 0) is 13.8 Å². The molecule has 13 heavy (non-hydrogen) atoms. The van der Waals surface area contributed by atoms with Gasteiger partial charge in [-0.1, -0.05) is 0 Å². The quantitative estimate of drug-likeness (QED) is 0.481. The molecule has 1 aliphatic rings. The third kappa shape index (κ3) is 2.21. The summed E-state index contributed by atoms with van der Waals surface area (Å²) in [6.45, 7) is 3.55. The molecule has 0 bridgehead atoms. The molecule has 1 unspecified atom stereocenters. The lowest BCUT2D eigenvalue weighted by Gasteiger charge is -2.20. The van der Waals surface area contributed by atoms with Gasteiger partial charge >= 0.3 is 5.97 Å². The molecule has 0 radical (unpaired) electrons. The van der Waals surface area contributed by atoms with E-state index in [9.17, 15) is 9.90 Å². The van der Waals surface area contributed by atoms with Gasteiger partial charge in [-0.3, -0.25) is 0 Å². The highest BCUT2D eigenvalue weighted by Crippen LogP contribution is 2.32. The molecule has 1 N–H and O–H groups in total. The van der Waals surface area contributed by atoms with Crippen LogP contribution in [-0.2, 0) is 14.3 Å². The summed E-state index contributed by atoms with van der Waals surface area (Å²) < 4.78 is 9.78. The molecule has 1 rings (SSSR count). The molecular weight excluding hydrogens is 172 g/mol. The van der Waals surface area contributed by atoms with E-state index in [0.29, 0.717) is 12.2 Å². The zero-order valence-electron chi connectivity index (χ0n) is 8.03. The minimum Gasteiger partial charge on any atom is -0.489 e. The van der Waals surface area contributed by atoms with Crippen LogP contribution < -0.4 is 0 Å². The molecule has 0 aromatic carbocycles. The van der Waals surface area contributed by atoms with Gasteiger partial charge in [0.15, 0.2) is 0 Å². The Hall–Kier alpha value is -1.03. The van der Waals surface area contributed by atoms with Crippen LogP contribution in [0.3, 0.4) is 0 Å². The maximum absolute atomic E-state index is 10.8. The number of aliphatic hydroxyl groups excluding tert-OH is 1. The number of hydrogen-bond donors (Lipinski definition) is 1. The average molecular weight is 186 g/mol. The molecular formula is C9H14O4. The zero-order chi connectivity index (χ0) is 10.1. The van der Waals surface area contributed by atoms with Crippen LogP contribution in [-0.4, -0.2) is 29.9 Å². The van der Waals surface area contributed by atoms with E-state index in [0.717, 1.165) is 0 Å². The number of esters is 1. The van der Waals surface area contributed by atoms with Gasteiger partial charge < -0.3 is 14.6 Å². The highest BCUT2D eigenvalue weighted by Gasteiger charge is 2.38. The molecule has 1 aliphatic heterocycles. The predicted molar refractivity (Wildman–Crippen MR) is 45.9 cm³/mol. The summed E-state index contributed by atoms with van der Waals surface area (Å²) in [5.74, 6) is 0.0178. The Morgan fingerprint density at radius 2 is 2.38 bits per heavy atom. The largest absolute Gasteiger partial charge is 0.489 e. The van der Waals surface area contributed by atoms with E-state index in [1.54, 1.807) is 13.8 Å². The van der Waals surface area contributed by atoms with Crippen molar-refractivity contribution in [1.29, 1.82) is 0 Å². The van der Waals surface area contributed by atoms with Crippen LogP contribution in [0.4, 0.5) is 0 Å². The van der Waals surface area contributed by atoms with Crippen LogP contribution in [0.25, 0.3) is 0 Å². The van der Waals surface area contributed by atoms with Crippen molar-refractivity contribution in [1.82, 2.24) is 0 Å². The van der Waals surface area contributed by atoms with Crippen molar-refractivity contribution >= 4 is 5.97 Å². The van der Waals surface area contributed by atoms with Gasteiger partial charge in [0.25, 0.3) is 0 Å². The standard InChI is InChI=1S/C9H14O4/c1-9(2)7(10)4-6(13-9)5-8(11)12-3/h5,7,10H,4H2,1-3H3/b6-5-. The van der Waals surface area contributed by atoms with Crippen LogP contribution in [0.2, 0.25) is 0 Å². The summed E-state index contributed by atoms with van der Waals surface area (Å²) in [7, 11) is 1.30. The van der Waals surface area contributed by atoms with Crippen molar-refractivity contribution in [3.05, 3.63) is 11.8 Å². The van der Waals surface area contributed by atoms with E-state index < -0.39 is 17.7 Å². The van der Waals surface area contributed by atoms with E-state index >= 15 is 0 Å². The molecule has 74 valence electrons. The molecule has 1 fully saturated rings. The first-order valence-corrected chi connectivity index (χ1v) is 4.11. The van der Waals surface area contributed by atoms with Crippen molar-refractivity contribution in [2.75, 3.05) is 7.11 Å². The van der Waals surface area contributed by atoms with Gasteiger partial charge in [0.05, 0.1) is 13.2 Å². The molecule has 0 spiro atoms. The van der Waals surface area contributed by atoms with E-state index in [-0.39, 0.29) is 0 Å². The Bertz CT molecular complexity index is 242. The van der Waals surface area contributed by atoms with E-state index in [1.807, 2.05) is 0 Å². The van der Waals surface area contributed by atoms with E-state index in [1.165, 1.54) is 13.2 Å². The van der Waals surface area contributed by atoms with Gasteiger partial charge in [0, 0.05) is 6.42 Å². The first-order chi connectivity index (χ1) is 5.95. The average Bonchev–Trinajstić information content (AvgIpc) is 2.25. The summed E-state index contributed by atoms with van der Waals surface area (Å²) in [6, 6.07) is 0. The number of aliphatic hydroxyl groups is 1. The molecule has 0 aromatic rings. The highest BCUT2D eigenvalue weighted by atomic mass is 16.5. The molecule has 1 heterocycles. The van der Waals surface area contributed by atoms with Crippen molar-refractivity contribution < 1.29 is 19.4 Å². The van der Waals surface area contributed by atoms with E-state index in [2.05, 4.69) is 4.74 Å². The predicted octanol–water partition coefficient (Wildman–Crippen LogP) is 0.603. The van der Waals surface area contributed by atoms with Crippen LogP contribution in [0, 0.1) is 0 Å². The number of ether oxygens (including phenoxy) is 2. The van der Waals surface area contributed by atoms with Gasteiger partial charge in [-0.25, -0.2) is 4.79 Å². The van der Waals surface area contributed by atoms with Crippen LogP contribution in [0.5, 0.6) is 0 Å². The first-order valence-electron chi connectivity index (χ1n) is 4.11. The molecule has 1 atom stereocenters. The Morgan fingerprint density at radius 1 is 1.77 bits per heavy atom. The second-order valence-electron chi connectivity index (χ2n) is 3.56. The normalized spacial score (nSPS) is 28.6. The molecule has 0 aromatic heterocycles. The summed E-state index contributed by atoms with van der Waals surface area (Å²) in [4.78, 5) is 10.8. The van der Waals surface area contributed by atoms with Crippen LogP contribution in [0.1, 0.15) is 20.3 Å². The van der Waals surface area contributed by atoms with Gasteiger partial charge in [-0.2, -0.15) is 0 Å². The maximum Gasteiger partial charge on any atom is 0.333 e. The van der Waals surface area contributed by atoms with Crippen LogP contribution in [0.15, 0.2) is 11.8 Å². The molecule has 4 nitrogen and oxygen atoms in total. The third-order valence-electron chi connectivity index (χ3n) is 2.07. The SMILES string of the molecule is COC(=O)/C=C1/CC(O)C(C)(C)O1. The lowest BCUT2D eigenvalue weighted by atomic mass is 10.0. The minimum atomic E-state index is -0.611. The summed E-state index contributed by atoms with van der Waals surface area (Å²) in [5.41, 5.74) is -0.611.